The molecule has 2 aliphatic rings. The van der Waals surface area contributed by atoms with Gasteiger partial charge in [0.25, 0.3) is 5.91 Å². The fraction of sp³-hybridized carbons (Fsp3) is 0.394. The highest BCUT2D eigenvalue weighted by atomic mass is 19.1. The third kappa shape index (κ3) is 5.12. The number of carbonyl (C=O) groups excluding carboxylic acids is 2. The third-order valence-corrected chi connectivity index (χ3v) is 8.51. The second kappa shape index (κ2) is 11.5. The fourth-order valence-electron chi connectivity index (χ4n) is 6.34. The average Bonchev–Trinajstić information content (AvgIpc) is 3.46. The van der Waals surface area contributed by atoms with Gasteiger partial charge in [0.15, 0.2) is 0 Å². The van der Waals surface area contributed by atoms with Gasteiger partial charge in [0.2, 0.25) is 0 Å². The molecule has 2 fully saturated rings. The topological polar surface area (TPSA) is 90.5 Å². The molecule has 6 rings (SSSR count). The molecular formula is C33H35FN4O4. The van der Waals surface area contributed by atoms with Crippen LogP contribution < -0.4 is 0 Å². The number of aromatic nitrogens is 3. The van der Waals surface area contributed by atoms with Crippen molar-refractivity contribution >= 4 is 11.9 Å². The van der Waals surface area contributed by atoms with E-state index >= 15 is 4.39 Å². The third-order valence-electron chi connectivity index (χ3n) is 8.51. The molecule has 9 heteroatoms. The van der Waals surface area contributed by atoms with Crippen LogP contribution in [0.15, 0.2) is 59.3 Å². The van der Waals surface area contributed by atoms with Gasteiger partial charge >= 0.3 is 5.97 Å². The summed E-state index contributed by atoms with van der Waals surface area (Å²) in [7, 11) is 1.35. The Morgan fingerprint density at radius 1 is 1.10 bits per heavy atom. The van der Waals surface area contributed by atoms with Gasteiger partial charge in [-0.15, -0.1) is 0 Å². The molecule has 0 radical (unpaired) electrons. The minimum atomic E-state index is -0.528. The standard InChI is InChI=1S/C33H35FN4O4/c1-4-9-22-11-5-6-15-37(22)32(39)25-14-8-13-24(30(25)34)21-10-7-12-23(17-21)38-31(28(19-35-38)33(40)41-3)27-18-26(27)29-16-20(2)36-42-29/h7-8,10,12-14,16-17,19,22,26-27H,4-6,9,11,15,18H2,1-3H3/t22-,26-,27-/m1/s1. The van der Waals surface area contributed by atoms with Gasteiger partial charge < -0.3 is 14.2 Å². The van der Waals surface area contributed by atoms with E-state index in [-0.39, 0.29) is 29.3 Å². The normalized spacial score (nSPS) is 20.0. The van der Waals surface area contributed by atoms with E-state index in [1.54, 1.807) is 22.9 Å². The van der Waals surface area contributed by atoms with Crippen molar-refractivity contribution in [3.8, 4) is 16.8 Å². The van der Waals surface area contributed by atoms with Gasteiger partial charge in [-0.1, -0.05) is 42.8 Å². The molecule has 0 unspecified atom stereocenters. The maximum Gasteiger partial charge on any atom is 0.341 e. The molecule has 1 aliphatic heterocycles. The van der Waals surface area contributed by atoms with E-state index < -0.39 is 11.8 Å². The van der Waals surface area contributed by atoms with Crippen LogP contribution in [0.25, 0.3) is 16.8 Å². The van der Waals surface area contributed by atoms with E-state index in [1.807, 2.05) is 42.2 Å². The number of ether oxygens (including phenoxy) is 1. The summed E-state index contributed by atoms with van der Waals surface area (Å²) in [6, 6.07) is 14.4. The lowest BCUT2D eigenvalue weighted by molar-refractivity contribution is 0.0589. The van der Waals surface area contributed by atoms with Crippen LogP contribution in [0.4, 0.5) is 4.39 Å². The van der Waals surface area contributed by atoms with Crippen LogP contribution in [0.2, 0.25) is 0 Å². The molecule has 3 heterocycles. The van der Waals surface area contributed by atoms with E-state index in [0.29, 0.717) is 28.9 Å². The zero-order valence-corrected chi connectivity index (χ0v) is 24.2. The summed E-state index contributed by atoms with van der Waals surface area (Å²) >= 11 is 0. The predicted octanol–water partition coefficient (Wildman–Crippen LogP) is 6.83. The fourth-order valence-corrected chi connectivity index (χ4v) is 6.34. The summed E-state index contributed by atoms with van der Waals surface area (Å²) < 4.78 is 28.4. The molecule has 42 heavy (non-hydrogen) atoms. The van der Waals surface area contributed by atoms with Crippen molar-refractivity contribution in [1.29, 1.82) is 0 Å². The number of likely N-dealkylation sites (tertiary alicyclic amines) is 1. The minimum Gasteiger partial charge on any atom is -0.465 e. The molecule has 1 saturated carbocycles. The second-order valence-electron chi connectivity index (χ2n) is 11.3. The smallest absolute Gasteiger partial charge is 0.341 e. The molecule has 4 aromatic rings. The summed E-state index contributed by atoms with van der Waals surface area (Å²) in [5.74, 6) is -0.422. The molecule has 0 spiro atoms. The van der Waals surface area contributed by atoms with Gasteiger partial charge in [0, 0.05) is 36.1 Å². The Bertz CT molecular complexity index is 1620. The predicted molar refractivity (Wildman–Crippen MR) is 155 cm³/mol. The molecule has 1 amide bonds. The van der Waals surface area contributed by atoms with Crippen LogP contribution in [0.3, 0.4) is 0 Å². The van der Waals surface area contributed by atoms with E-state index in [2.05, 4.69) is 17.2 Å². The monoisotopic (exact) mass is 570 g/mol. The van der Waals surface area contributed by atoms with Gasteiger partial charge in [-0.25, -0.2) is 13.9 Å². The molecule has 218 valence electrons. The highest BCUT2D eigenvalue weighted by molar-refractivity contribution is 5.96. The number of hydrogen-bond donors (Lipinski definition) is 0. The van der Waals surface area contributed by atoms with E-state index in [0.717, 1.165) is 55.7 Å². The number of methoxy groups -OCH3 is 1. The van der Waals surface area contributed by atoms with Gasteiger partial charge in [-0.05, 0) is 62.8 Å². The van der Waals surface area contributed by atoms with Crippen molar-refractivity contribution < 1.29 is 23.2 Å². The van der Waals surface area contributed by atoms with E-state index in [4.69, 9.17) is 9.26 Å². The van der Waals surface area contributed by atoms with Gasteiger partial charge in [-0.3, -0.25) is 4.79 Å². The summed E-state index contributed by atoms with van der Waals surface area (Å²) in [6.45, 7) is 4.64. The Labute approximate surface area is 244 Å². The largest absolute Gasteiger partial charge is 0.465 e. The number of aryl methyl sites for hydroxylation is 1. The van der Waals surface area contributed by atoms with E-state index in [1.165, 1.54) is 13.3 Å². The number of hydrogen-bond acceptors (Lipinski definition) is 6. The SMILES string of the molecule is CCC[C@@H]1CCCCN1C(=O)c1cccc(-c2cccc(-n3ncc(C(=O)OC)c3[C@@H]3C[C@H]3c3cc(C)no3)c2)c1F. The molecule has 0 bridgehead atoms. The lowest BCUT2D eigenvalue weighted by Gasteiger charge is -2.36. The lowest BCUT2D eigenvalue weighted by Crippen LogP contribution is -2.44. The first-order valence-corrected chi connectivity index (χ1v) is 14.7. The van der Waals surface area contributed by atoms with Crippen LogP contribution >= 0.6 is 0 Å². The molecule has 2 aromatic carbocycles. The van der Waals surface area contributed by atoms with Gasteiger partial charge in [0.1, 0.15) is 17.1 Å². The molecule has 1 saturated heterocycles. The molecule has 3 atom stereocenters. The van der Waals surface area contributed by atoms with Crippen molar-refractivity contribution in [1.82, 2.24) is 19.8 Å². The Morgan fingerprint density at radius 2 is 1.93 bits per heavy atom. The van der Waals surface area contributed by atoms with Gasteiger partial charge in [0.05, 0.1) is 35.9 Å². The highest BCUT2D eigenvalue weighted by Crippen LogP contribution is 2.56. The maximum atomic E-state index is 16.1. The summed E-state index contributed by atoms with van der Waals surface area (Å²) in [6.07, 6.45) is 7.19. The number of piperidine rings is 1. The zero-order chi connectivity index (χ0) is 29.4. The zero-order valence-electron chi connectivity index (χ0n) is 24.2. The van der Waals surface area contributed by atoms with E-state index in [9.17, 15) is 9.59 Å². The quantitative estimate of drug-likeness (QED) is 0.216. The molecule has 1 aliphatic carbocycles. The van der Waals surface area contributed by atoms with Crippen molar-refractivity contribution in [3.05, 3.63) is 88.8 Å². The Kier molecular flexibility index (Phi) is 7.66. The number of halogens is 1. The van der Waals surface area contributed by atoms with Crippen molar-refractivity contribution in [2.24, 2.45) is 0 Å². The number of nitrogens with zero attached hydrogens (tertiary/aromatic N) is 4. The lowest BCUT2D eigenvalue weighted by atomic mass is 9.96. The van der Waals surface area contributed by atoms with Crippen molar-refractivity contribution in [2.45, 2.75) is 70.3 Å². The van der Waals surface area contributed by atoms with Crippen molar-refractivity contribution in [2.75, 3.05) is 13.7 Å². The van der Waals surface area contributed by atoms with Gasteiger partial charge in [-0.2, -0.15) is 5.10 Å². The summed E-state index contributed by atoms with van der Waals surface area (Å²) in [5, 5.41) is 8.57. The molecule has 0 N–H and O–H groups in total. The number of carbonyl (C=O) groups is 2. The first kappa shape index (κ1) is 27.9. The number of rotatable bonds is 8. The summed E-state index contributed by atoms with van der Waals surface area (Å²) in [5.41, 5.74) is 3.62. The number of esters is 1. The Balaban J connectivity index is 1.35. The van der Waals surface area contributed by atoms with Crippen molar-refractivity contribution in [3.63, 3.8) is 0 Å². The number of amides is 1. The van der Waals surface area contributed by atoms with Crippen LogP contribution in [0, 0.1) is 12.7 Å². The number of benzene rings is 2. The van der Waals surface area contributed by atoms with Crippen LogP contribution in [0.1, 0.15) is 95.1 Å². The van der Waals surface area contributed by atoms with Crippen LogP contribution in [-0.4, -0.2) is 51.4 Å². The van der Waals surface area contributed by atoms with Crippen LogP contribution in [-0.2, 0) is 4.74 Å². The molecule has 8 nitrogen and oxygen atoms in total. The first-order chi connectivity index (χ1) is 20.4. The summed E-state index contributed by atoms with van der Waals surface area (Å²) in [4.78, 5) is 28.1. The highest BCUT2D eigenvalue weighted by Gasteiger charge is 2.46. The Hall–Kier alpha value is -4.27. The first-order valence-electron chi connectivity index (χ1n) is 14.7. The minimum absolute atomic E-state index is 0.0177. The Morgan fingerprint density at radius 3 is 2.69 bits per heavy atom. The average molecular weight is 571 g/mol. The molecule has 2 aromatic heterocycles. The molecular weight excluding hydrogens is 535 g/mol. The van der Waals surface area contributed by atoms with Crippen LogP contribution in [0.5, 0.6) is 0 Å². The maximum absolute atomic E-state index is 16.1. The second-order valence-corrected chi connectivity index (χ2v) is 11.3.